The molecule has 1 aliphatic rings. The lowest BCUT2D eigenvalue weighted by Crippen LogP contribution is -2.18. The van der Waals surface area contributed by atoms with Crippen LogP contribution in [0.3, 0.4) is 0 Å². The molecule has 0 amide bonds. The van der Waals surface area contributed by atoms with Gasteiger partial charge in [-0.05, 0) is 61.3 Å². The van der Waals surface area contributed by atoms with Crippen LogP contribution in [0.2, 0.25) is 0 Å². The highest BCUT2D eigenvalue weighted by molar-refractivity contribution is 5.55. The Labute approximate surface area is 140 Å². The maximum atomic E-state index is 10.2. The highest BCUT2D eigenvalue weighted by Crippen LogP contribution is 2.41. The zero-order valence-corrected chi connectivity index (χ0v) is 14.6. The topological polar surface area (TPSA) is 44.0 Å². The number of rotatable bonds is 4. The molecule has 2 heteroatoms. The number of nitriles is 1. The molecule has 122 valence electrons. The first-order chi connectivity index (χ1) is 10.8. The zero-order chi connectivity index (χ0) is 17.0. The first-order valence-electron chi connectivity index (χ1n) is 8.41. The first kappa shape index (κ1) is 17.5. The Morgan fingerprint density at radius 3 is 2.70 bits per heavy atom. The molecular formula is C21H27NO. The van der Waals surface area contributed by atoms with Crippen molar-refractivity contribution >= 4 is 6.08 Å². The lowest BCUT2D eigenvalue weighted by atomic mass is 9.72. The van der Waals surface area contributed by atoms with E-state index < -0.39 is 12.0 Å². The second kappa shape index (κ2) is 7.15. The Kier molecular flexibility index (Phi) is 5.44. The van der Waals surface area contributed by atoms with Gasteiger partial charge >= 0.3 is 0 Å². The zero-order valence-electron chi connectivity index (χ0n) is 14.6. The summed E-state index contributed by atoms with van der Waals surface area (Å²) in [5.74, 6) is -0.406. The van der Waals surface area contributed by atoms with Gasteiger partial charge < -0.3 is 5.11 Å². The van der Waals surface area contributed by atoms with Crippen LogP contribution in [0.4, 0.5) is 0 Å². The number of allylic oxidation sites excluding steroid dienone is 3. The number of benzene rings is 1. The SMILES string of the molecule is CC1=C(C=Cc2cccc(C(O)C(C)C#N)c2)C(C)(C)CCC1. The van der Waals surface area contributed by atoms with Gasteiger partial charge in [0.05, 0.1) is 18.1 Å². The largest absolute Gasteiger partial charge is 0.387 e. The van der Waals surface area contributed by atoms with Crippen molar-refractivity contribution < 1.29 is 5.11 Å². The third-order valence-electron chi connectivity index (χ3n) is 4.91. The molecule has 0 heterocycles. The molecule has 2 atom stereocenters. The summed E-state index contributed by atoms with van der Waals surface area (Å²) in [5.41, 5.74) is 5.00. The summed E-state index contributed by atoms with van der Waals surface area (Å²) in [7, 11) is 0. The van der Waals surface area contributed by atoms with Crippen LogP contribution in [-0.4, -0.2) is 5.11 Å². The molecule has 2 unspecified atom stereocenters. The molecule has 0 bridgehead atoms. The third-order valence-corrected chi connectivity index (χ3v) is 4.91. The van der Waals surface area contributed by atoms with Gasteiger partial charge in [0.25, 0.3) is 0 Å². The fourth-order valence-electron chi connectivity index (χ4n) is 3.40. The second-order valence-electron chi connectivity index (χ2n) is 7.30. The Morgan fingerprint density at radius 2 is 2.04 bits per heavy atom. The molecular weight excluding hydrogens is 282 g/mol. The molecule has 1 aromatic carbocycles. The maximum Gasteiger partial charge on any atom is 0.0945 e. The van der Waals surface area contributed by atoms with Crippen LogP contribution in [0, 0.1) is 22.7 Å². The van der Waals surface area contributed by atoms with E-state index in [9.17, 15) is 5.11 Å². The summed E-state index contributed by atoms with van der Waals surface area (Å²) < 4.78 is 0. The minimum absolute atomic E-state index is 0.227. The van der Waals surface area contributed by atoms with E-state index in [-0.39, 0.29) is 5.41 Å². The predicted octanol–water partition coefficient (Wildman–Crippen LogP) is 5.42. The normalized spacial score (nSPS) is 20.3. The lowest BCUT2D eigenvalue weighted by Gasteiger charge is -2.32. The fourth-order valence-corrected chi connectivity index (χ4v) is 3.40. The monoisotopic (exact) mass is 309 g/mol. The minimum atomic E-state index is -0.736. The summed E-state index contributed by atoms with van der Waals surface area (Å²) in [5, 5.41) is 19.2. The summed E-state index contributed by atoms with van der Waals surface area (Å²) in [6.45, 7) is 8.59. The van der Waals surface area contributed by atoms with Gasteiger partial charge in [-0.3, -0.25) is 0 Å². The molecule has 2 nitrogen and oxygen atoms in total. The molecule has 1 aliphatic carbocycles. The molecule has 0 spiro atoms. The van der Waals surface area contributed by atoms with E-state index in [4.69, 9.17) is 5.26 Å². The summed E-state index contributed by atoms with van der Waals surface area (Å²) >= 11 is 0. The van der Waals surface area contributed by atoms with Gasteiger partial charge in [-0.2, -0.15) is 5.26 Å². The van der Waals surface area contributed by atoms with Crippen molar-refractivity contribution in [3.05, 3.63) is 52.6 Å². The number of nitrogens with zero attached hydrogens (tertiary/aromatic N) is 1. The molecule has 0 saturated carbocycles. The van der Waals surface area contributed by atoms with E-state index in [1.807, 2.05) is 24.3 Å². The predicted molar refractivity (Wildman–Crippen MR) is 95.5 cm³/mol. The fraction of sp³-hybridized carbons (Fsp3) is 0.476. The van der Waals surface area contributed by atoms with Gasteiger partial charge in [0.1, 0.15) is 0 Å². The Balaban J connectivity index is 2.26. The number of hydrogen-bond donors (Lipinski definition) is 1. The molecule has 23 heavy (non-hydrogen) atoms. The minimum Gasteiger partial charge on any atom is -0.387 e. The van der Waals surface area contributed by atoms with Crippen molar-refractivity contribution in [2.24, 2.45) is 11.3 Å². The van der Waals surface area contributed by atoms with Gasteiger partial charge in [-0.15, -0.1) is 0 Å². The first-order valence-corrected chi connectivity index (χ1v) is 8.41. The molecule has 0 aliphatic heterocycles. The Bertz CT molecular complexity index is 661. The van der Waals surface area contributed by atoms with Gasteiger partial charge in [-0.25, -0.2) is 0 Å². The highest BCUT2D eigenvalue weighted by Gasteiger charge is 2.26. The molecule has 0 fully saturated rings. The van der Waals surface area contributed by atoms with Crippen LogP contribution in [0.1, 0.15) is 64.2 Å². The lowest BCUT2D eigenvalue weighted by molar-refractivity contribution is 0.143. The van der Waals surface area contributed by atoms with Crippen molar-refractivity contribution in [2.45, 2.75) is 53.1 Å². The molecule has 0 saturated heterocycles. The average Bonchev–Trinajstić information content (AvgIpc) is 2.52. The summed E-state index contributed by atoms with van der Waals surface area (Å²) in [6, 6.07) is 9.94. The summed E-state index contributed by atoms with van der Waals surface area (Å²) in [4.78, 5) is 0. The van der Waals surface area contributed by atoms with E-state index in [1.54, 1.807) is 6.92 Å². The van der Waals surface area contributed by atoms with Crippen LogP contribution in [0.15, 0.2) is 41.5 Å². The molecule has 2 rings (SSSR count). The van der Waals surface area contributed by atoms with Gasteiger partial charge in [0, 0.05) is 0 Å². The van der Waals surface area contributed by atoms with Gasteiger partial charge in [-0.1, -0.05) is 49.8 Å². The van der Waals surface area contributed by atoms with E-state index in [0.717, 1.165) is 11.1 Å². The van der Waals surface area contributed by atoms with Crippen LogP contribution in [-0.2, 0) is 0 Å². The van der Waals surface area contributed by atoms with Crippen molar-refractivity contribution in [1.29, 1.82) is 5.26 Å². The molecule has 1 N–H and O–H groups in total. The van der Waals surface area contributed by atoms with E-state index in [0.29, 0.717) is 0 Å². The van der Waals surface area contributed by atoms with Gasteiger partial charge in [0.15, 0.2) is 0 Å². The van der Waals surface area contributed by atoms with Crippen LogP contribution >= 0.6 is 0 Å². The standard InChI is InChI=1S/C21H27NO/c1-15-7-6-12-21(3,4)19(15)11-10-17-8-5-9-18(13-17)20(23)16(2)14-22/h5,8-11,13,16,20,23H,6-7,12H2,1-4H3. The quantitative estimate of drug-likeness (QED) is 0.807. The van der Waals surface area contributed by atoms with Crippen molar-refractivity contribution in [2.75, 3.05) is 0 Å². The van der Waals surface area contributed by atoms with E-state index >= 15 is 0 Å². The molecule has 0 radical (unpaired) electrons. The number of aliphatic hydroxyl groups excluding tert-OH is 1. The van der Waals surface area contributed by atoms with Crippen LogP contribution in [0.25, 0.3) is 6.08 Å². The average molecular weight is 309 g/mol. The smallest absolute Gasteiger partial charge is 0.0945 e. The molecule has 0 aromatic heterocycles. The maximum absolute atomic E-state index is 10.2. The third kappa shape index (κ3) is 4.12. The Morgan fingerprint density at radius 1 is 1.30 bits per heavy atom. The second-order valence-corrected chi connectivity index (χ2v) is 7.30. The van der Waals surface area contributed by atoms with Gasteiger partial charge in [0.2, 0.25) is 0 Å². The van der Waals surface area contributed by atoms with Crippen molar-refractivity contribution in [3.63, 3.8) is 0 Å². The number of hydrogen-bond acceptors (Lipinski definition) is 2. The van der Waals surface area contributed by atoms with E-state index in [1.165, 1.54) is 30.4 Å². The van der Waals surface area contributed by atoms with Crippen LogP contribution in [0.5, 0.6) is 0 Å². The molecule has 1 aromatic rings. The summed E-state index contributed by atoms with van der Waals surface area (Å²) in [6.07, 6.45) is 7.29. The number of aliphatic hydroxyl groups is 1. The van der Waals surface area contributed by atoms with Crippen LogP contribution < -0.4 is 0 Å². The van der Waals surface area contributed by atoms with Crippen molar-refractivity contribution in [1.82, 2.24) is 0 Å². The van der Waals surface area contributed by atoms with E-state index in [2.05, 4.69) is 39.0 Å². The Hall–Kier alpha value is -1.85. The highest BCUT2D eigenvalue weighted by atomic mass is 16.3. The van der Waals surface area contributed by atoms with Crippen molar-refractivity contribution in [3.8, 4) is 6.07 Å².